The van der Waals surface area contributed by atoms with Gasteiger partial charge in [-0.15, -0.1) is 0 Å². The van der Waals surface area contributed by atoms with Gasteiger partial charge in [-0.2, -0.15) is 0 Å². The minimum Gasteiger partial charge on any atom is -0.497 e. The van der Waals surface area contributed by atoms with Crippen LogP contribution in [0, 0.1) is 5.82 Å². The molecule has 0 aliphatic heterocycles. The number of rotatable bonds is 11. The number of carbonyl (C=O) groups excluding carboxylic acids is 2. The summed E-state index contributed by atoms with van der Waals surface area (Å²) in [4.78, 5) is 25.7. The molecule has 0 bridgehead atoms. The highest BCUT2D eigenvalue weighted by molar-refractivity contribution is 5.93. The Morgan fingerprint density at radius 1 is 0.946 bits per heavy atom. The van der Waals surface area contributed by atoms with Crippen LogP contribution < -0.4 is 25.0 Å². The molecule has 0 saturated carbocycles. The highest BCUT2D eigenvalue weighted by atomic mass is 19.1. The van der Waals surface area contributed by atoms with Crippen LogP contribution in [-0.4, -0.2) is 31.0 Å². The number of nitrogens with zero attached hydrogens (tertiary/aromatic N) is 1. The summed E-state index contributed by atoms with van der Waals surface area (Å²) in [6.45, 7) is 7.05. The molecule has 37 heavy (non-hydrogen) atoms. The summed E-state index contributed by atoms with van der Waals surface area (Å²) in [5.41, 5.74) is 1.90. The average molecular weight is 508 g/mol. The molecule has 0 aliphatic carbocycles. The molecule has 7 nitrogen and oxygen atoms in total. The first kappa shape index (κ1) is 27.5. The van der Waals surface area contributed by atoms with E-state index < -0.39 is 5.82 Å². The van der Waals surface area contributed by atoms with E-state index in [0.29, 0.717) is 29.4 Å². The van der Waals surface area contributed by atoms with Gasteiger partial charge in [0, 0.05) is 37.7 Å². The van der Waals surface area contributed by atoms with E-state index in [4.69, 9.17) is 9.47 Å². The molecule has 0 spiro atoms. The Morgan fingerprint density at radius 2 is 1.68 bits per heavy atom. The number of hydrogen-bond donors (Lipinski definition) is 2. The first-order valence-electron chi connectivity index (χ1n) is 12.2. The van der Waals surface area contributed by atoms with Crippen molar-refractivity contribution < 1.29 is 23.5 Å². The van der Waals surface area contributed by atoms with Gasteiger partial charge < -0.3 is 25.0 Å². The van der Waals surface area contributed by atoms with Gasteiger partial charge in [0.05, 0.1) is 19.3 Å². The topological polar surface area (TPSA) is 79.9 Å². The second kappa shape index (κ2) is 12.8. The Hall–Kier alpha value is -4.07. The van der Waals surface area contributed by atoms with E-state index in [2.05, 4.69) is 10.6 Å². The van der Waals surface area contributed by atoms with Crippen molar-refractivity contribution >= 4 is 23.2 Å². The molecular formula is C29H34FN3O4. The van der Waals surface area contributed by atoms with Gasteiger partial charge in [-0.25, -0.2) is 4.39 Å². The molecule has 0 radical (unpaired) electrons. The van der Waals surface area contributed by atoms with Crippen molar-refractivity contribution in [2.45, 2.75) is 52.7 Å². The fourth-order valence-corrected chi connectivity index (χ4v) is 4.17. The molecule has 0 heterocycles. The van der Waals surface area contributed by atoms with Gasteiger partial charge in [-0.3, -0.25) is 9.59 Å². The fraction of sp³-hybridized carbons (Fsp3) is 0.310. The zero-order valence-electron chi connectivity index (χ0n) is 21.9. The Morgan fingerprint density at radius 3 is 2.32 bits per heavy atom. The monoisotopic (exact) mass is 507 g/mol. The average Bonchev–Trinajstić information content (AvgIpc) is 2.84. The van der Waals surface area contributed by atoms with Crippen molar-refractivity contribution in [2.24, 2.45) is 0 Å². The number of halogens is 1. The summed E-state index contributed by atoms with van der Waals surface area (Å²) >= 11 is 0. The maximum atomic E-state index is 14.4. The van der Waals surface area contributed by atoms with E-state index in [1.807, 2.05) is 50.2 Å². The summed E-state index contributed by atoms with van der Waals surface area (Å²) in [7, 11) is 1.57. The molecule has 196 valence electrons. The first-order valence-corrected chi connectivity index (χ1v) is 12.2. The number of nitrogens with one attached hydrogen (secondary N) is 2. The first-order chi connectivity index (χ1) is 17.7. The van der Waals surface area contributed by atoms with Crippen LogP contribution in [0.15, 0.2) is 66.7 Å². The number of carbonyl (C=O) groups is 2. The maximum Gasteiger partial charge on any atom is 0.224 e. The number of hydrogen-bond acceptors (Lipinski definition) is 5. The Balaban J connectivity index is 1.93. The van der Waals surface area contributed by atoms with Gasteiger partial charge >= 0.3 is 0 Å². The van der Waals surface area contributed by atoms with Gasteiger partial charge in [-0.1, -0.05) is 18.2 Å². The van der Waals surface area contributed by atoms with Crippen LogP contribution in [0.25, 0.3) is 0 Å². The van der Waals surface area contributed by atoms with Gasteiger partial charge in [-0.05, 0) is 68.3 Å². The van der Waals surface area contributed by atoms with Gasteiger partial charge in [0.1, 0.15) is 17.3 Å². The minimum atomic E-state index is -0.480. The predicted octanol–water partition coefficient (Wildman–Crippen LogP) is 5.89. The molecule has 0 saturated heterocycles. The lowest BCUT2D eigenvalue weighted by Crippen LogP contribution is -2.35. The zero-order chi connectivity index (χ0) is 26.9. The fourth-order valence-electron chi connectivity index (χ4n) is 4.17. The Labute approximate surface area is 217 Å². The van der Waals surface area contributed by atoms with Crippen LogP contribution in [-0.2, 0) is 16.1 Å². The predicted molar refractivity (Wildman–Crippen MR) is 144 cm³/mol. The number of amides is 2. The van der Waals surface area contributed by atoms with Crippen LogP contribution >= 0.6 is 0 Å². The summed E-state index contributed by atoms with van der Waals surface area (Å²) in [6.07, 6.45) is 0.695. The van der Waals surface area contributed by atoms with E-state index in [9.17, 15) is 14.0 Å². The third kappa shape index (κ3) is 7.96. The van der Waals surface area contributed by atoms with Gasteiger partial charge in [0.25, 0.3) is 0 Å². The molecule has 2 amide bonds. The molecule has 0 fully saturated rings. The normalized spacial score (nSPS) is 12.3. The molecule has 0 aliphatic rings. The van der Waals surface area contributed by atoms with Crippen molar-refractivity contribution in [1.82, 2.24) is 5.32 Å². The van der Waals surface area contributed by atoms with Crippen LogP contribution in [0.1, 0.15) is 39.7 Å². The van der Waals surface area contributed by atoms with E-state index in [0.717, 1.165) is 11.3 Å². The lowest BCUT2D eigenvalue weighted by Gasteiger charge is -2.27. The van der Waals surface area contributed by atoms with Gasteiger partial charge in [0.2, 0.25) is 11.8 Å². The van der Waals surface area contributed by atoms with E-state index in [1.54, 1.807) is 19.2 Å². The maximum absolute atomic E-state index is 14.4. The quantitative estimate of drug-likeness (QED) is 0.338. The molecular weight excluding hydrogens is 473 g/mol. The molecule has 3 rings (SSSR count). The number of ether oxygens (including phenoxy) is 2. The lowest BCUT2D eigenvalue weighted by molar-refractivity contribution is -0.119. The number of methoxy groups -OCH3 is 1. The number of benzene rings is 3. The molecule has 0 aromatic heterocycles. The summed E-state index contributed by atoms with van der Waals surface area (Å²) < 4.78 is 25.8. The smallest absolute Gasteiger partial charge is 0.224 e. The van der Waals surface area contributed by atoms with Crippen LogP contribution in [0.2, 0.25) is 0 Å². The van der Waals surface area contributed by atoms with Crippen LogP contribution in [0.4, 0.5) is 15.8 Å². The standard InChI is InChI=1S/C29H34FN3O4/c1-19(31-21(3)34)15-20(2)32-27-13-12-26(36-5)16-23(27)18-33(22(4)35)28-17-24(30)11-14-29(28)37-25-9-7-6-8-10-25/h6-14,16-17,19-20,32H,15,18H2,1-5H3,(H,31,34). The molecule has 2 unspecified atom stereocenters. The highest BCUT2D eigenvalue weighted by Gasteiger charge is 2.21. The van der Waals surface area contributed by atoms with Gasteiger partial charge in [0.15, 0.2) is 5.75 Å². The molecule has 3 aromatic carbocycles. The molecule has 2 atom stereocenters. The van der Waals surface area contributed by atoms with Crippen LogP contribution in [0.3, 0.4) is 0 Å². The lowest BCUT2D eigenvalue weighted by atomic mass is 10.1. The largest absolute Gasteiger partial charge is 0.497 e. The zero-order valence-corrected chi connectivity index (χ0v) is 21.9. The second-order valence-corrected chi connectivity index (χ2v) is 9.04. The molecule has 2 N–H and O–H groups in total. The third-order valence-electron chi connectivity index (χ3n) is 5.76. The second-order valence-electron chi connectivity index (χ2n) is 9.04. The molecule has 3 aromatic rings. The Bertz CT molecular complexity index is 1220. The summed E-state index contributed by atoms with van der Waals surface area (Å²) in [5, 5.41) is 6.37. The van der Waals surface area contributed by atoms with Crippen molar-refractivity contribution in [2.75, 3.05) is 17.3 Å². The summed E-state index contributed by atoms with van der Waals surface area (Å²) in [6, 6.07) is 18.8. The third-order valence-corrected chi connectivity index (χ3v) is 5.76. The van der Waals surface area contributed by atoms with Crippen molar-refractivity contribution in [1.29, 1.82) is 0 Å². The van der Waals surface area contributed by atoms with E-state index in [-0.39, 0.29) is 30.4 Å². The van der Waals surface area contributed by atoms with Crippen molar-refractivity contribution in [3.8, 4) is 17.2 Å². The van der Waals surface area contributed by atoms with E-state index >= 15 is 0 Å². The SMILES string of the molecule is COc1ccc(NC(C)CC(C)NC(C)=O)c(CN(C(C)=O)c2cc(F)ccc2Oc2ccccc2)c1. The highest BCUT2D eigenvalue weighted by Crippen LogP contribution is 2.35. The number of anilines is 2. The van der Waals surface area contributed by atoms with Crippen molar-refractivity contribution in [3.63, 3.8) is 0 Å². The minimum absolute atomic E-state index is 0.0135. The van der Waals surface area contributed by atoms with Crippen LogP contribution in [0.5, 0.6) is 17.2 Å². The summed E-state index contributed by atoms with van der Waals surface area (Å²) in [5.74, 6) is 0.729. The molecule has 8 heteroatoms. The number of para-hydroxylation sites is 1. The Kier molecular flexibility index (Phi) is 9.49. The van der Waals surface area contributed by atoms with E-state index in [1.165, 1.54) is 36.9 Å². The van der Waals surface area contributed by atoms with Crippen molar-refractivity contribution in [3.05, 3.63) is 78.1 Å².